The largest absolute Gasteiger partial charge is 0.314 e. The fraction of sp³-hybridized carbons (Fsp3) is 0.846. The second kappa shape index (κ2) is 6.87. The number of nitrogens with zero attached hydrogens (tertiary/aromatic N) is 1. The van der Waals surface area contributed by atoms with Crippen molar-refractivity contribution in [3.8, 4) is 12.3 Å². The maximum absolute atomic E-state index is 5.36. The van der Waals surface area contributed by atoms with Gasteiger partial charge in [0, 0.05) is 12.6 Å². The molecule has 2 nitrogen and oxygen atoms in total. The third-order valence-corrected chi connectivity index (χ3v) is 2.76. The number of hydrogen-bond acceptors (Lipinski definition) is 2. The highest BCUT2D eigenvalue weighted by atomic mass is 15.1. The molecular formula is C13H24N2. The highest BCUT2D eigenvalue weighted by molar-refractivity contribution is 4.88. The predicted octanol–water partition coefficient (Wildman–Crippen LogP) is 1.72. The van der Waals surface area contributed by atoms with Gasteiger partial charge >= 0.3 is 0 Å². The summed E-state index contributed by atoms with van der Waals surface area (Å²) < 4.78 is 0. The van der Waals surface area contributed by atoms with E-state index in [1.807, 2.05) is 0 Å². The highest BCUT2D eigenvalue weighted by Crippen LogP contribution is 2.18. The molecule has 2 heteroatoms. The SMILES string of the molecule is C#CCN(CCC)CC(C)CNC1CC1. The molecule has 1 aliphatic carbocycles. The Hall–Kier alpha value is -0.520. The van der Waals surface area contributed by atoms with Gasteiger partial charge in [-0.15, -0.1) is 6.42 Å². The standard InChI is InChI=1S/C13H24N2/c1-4-8-15(9-5-2)11-12(3)10-14-13-6-7-13/h1,12-14H,5-11H2,2-3H3. The molecule has 1 atom stereocenters. The number of hydrogen-bond donors (Lipinski definition) is 1. The fourth-order valence-corrected chi connectivity index (χ4v) is 1.84. The van der Waals surface area contributed by atoms with Gasteiger partial charge in [0.2, 0.25) is 0 Å². The molecule has 0 aromatic carbocycles. The average molecular weight is 208 g/mol. The van der Waals surface area contributed by atoms with E-state index in [-0.39, 0.29) is 0 Å². The van der Waals surface area contributed by atoms with Gasteiger partial charge in [-0.25, -0.2) is 0 Å². The molecule has 0 radical (unpaired) electrons. The molecule has 0 aromatic rings. The third-order valence-electron chi connectivity index (χ3n) is 2.76. The van der Waals surface area contributed by atoms with E-state index in [1.54, 1.807) is 0 Å². The maximum Gasteiger partial charge on any atom is 0.0599 e. The summed E-state index contributed by atoms with van der Waals surface area (Å²) in [7, 11) is 0. The van der Waals surface area contributed by atoms with E-state index in [0.717, 1.165) is 32.2 Å². The van der Waals surface area contributed by atoms with Gasteiger partial charge in [-0.1, -0.05) is 19.8 Å². The van der Waals surface area contributed by atoms with Crippen LogP contribution >= 0.6 is 0 Å². The van der Waals surface area contributed by atoms with E-state index in [2.05, 4.69) is 30.0 Å². The molecule has 0 saturated heterocycles. The van der Waals surface area contributed by atoms with Crippen molar-refractivity contribution in [2.45, 2.75) is 39.2 Å². The van der Waals surface area contributed by atoms with Crippen LogP contribution in [0.5, 0.6) is 0 Å². The predicted molar refractivity (Wildman–Crippen MR) is 65.8 cm³/mol. The number of terminal acetylenes is 1. The number of nitrogens with one attached hydrogen (secondary N) is 1. The zero-order valence-corrected chi connectivity index (χ0v) is 10.1. The van der Waals surface area contributed by atoms with E-state index in [9.17, 15) is 0 Å². The Morgan fingerprint density at radius 3 is 2.80 bits per heavy atom. The maximum atomic E-state index is 5.36. The zero-order chi connectivity index (χ0) is 11.1. The Bertz CT molecular complexity index is 203. The molecule has 15 heavy (non-hydrogen) atoms. The molecule has 1 aliphatic rings. The van der Waals surface area contributed by atoms with Crippen LogP contribution < -0.4 is 5.32 Å². The summed E-state index contributed by atoms with van der Waals surface area (Å²) in [6.07, 6.45) is 9.29. The van der Waals surface area contributed by atoms with Crippen LogP contribution in [0.3, 0.4) is 0 Å². The molecule has 0 heterocycles. The molecule has 0 bridgehead atoms. The molecule has 1 saturated carbocycles. The summed E-state index contributed by atoms with van der Waals surface area (Å²) in [5, 5.41) is 3.57. The van der Waals surface area contributed by atoms with Crippen molar-refractivity contribution >= 4 is 0 Å². The van der Waals surface area contributed by atoms with Crippen molar-refractivity contribution in [3.63, 3.8) is 0 Å². The second-order valence-corrected chi connectivity index (χ2v) is 4.73. The van der Waals surface area contributed by atoms with Crippen molar-refractivity contribution in [2.75, 3.05) is 26.2 Å². The summed E-state index contributed by atoms with van der Waals surface area (Å²) in [4.78, 5) is 2.37. The summed E-state index contributed by atoms with van der Waals surface area (Å²) in [6.45, 7) is 8.68. The first-order chi connectivity index (χ1) is 7.26. The van der Waals surface area contributed by atoms with Crippen LogP contribution in [0.25, 0.3) is 0 Å². The summed E-state index contributed by atoms with van der Waals surface area (Å²) in [6, 6.07) is 0.819. The molecule has 1 rings (SSSR count). The van der Waals surface area contributed by atoms with Crippen molar-refractivity contribution in [3.05, 3.63) is 0 Å². The molecule has 1 N–H and O–H groups in total. The van der Waals surface area contributed by atoms with Crippen molar-refractivity contribution in [1.82, 2.24) is 10.2 Å². The van der Waals surface area contributed by atoms with Crippen molar-refractivity contribution in [2.24, 2.45) is 5.92 Å². The minimum atomic E-state index is 0.700. The zero-order valence-electron chi connectivity index (χ0n) is 10.1. The van der Waals surface area contributed by atoms with Crippen molar-refractivity contribution in [1.29, 1.82) is 0 Å². The molecule has 0 aliphatic heterocycles. The van der Waals surface area contributed by atoms with Gasteiger partial charge in [0.05, 0.1) is 6.54 Å². The van der Waals surface area contributed by atoms with Crippen LogP contribution in [0.15, 0.2) is 0 Å². The lowest BCUT2D eigenvalue weighted by Crippen LogP contribution is -2.34. The van der Waals surface area contributed by atoms with Crippen LogP contribution in [0.4, 0.5) is 0 Å². The molecule has 0 amide bonds. The fourth-order valence-electron chi connectivity index (χ4n) is 1.84. The van der Waals surface area contributed by atoms with Gasteiger partial charge in [-0.05, 0) is 38.3 Å². The first kappa shape index (κ1) is 12.5. The van der Waals surface area contributed by atoms with E-state index >= 15 is 0 Å². The second-order valence-electron chi connectivity index (χ2n) is 4.73. The Morgan fingerprint density at radius 1 is 1.53 bits per heavy atom. The van der Waals surface area contributed by atoms with Crippen molar-refractivity contribution < 1.29 is 0 Å². The Balaban J connectivity index is 2.13. The van der Waals surface area contributed by atoms with Gasteiger partial charge in [0.15, 0.2) is 0 Å². The minimum absolute atomic E-state index is 0.700. The minimum Gasteiger partial charge on any atom is -0.314 e. The monoisotopic (exact) mass is 208 g/mol. The summed E-state index contributed by atoms with van der Waals surface area (Å²) in [5.41, 5.74) is 0. The third kappa shape index (κ3) is 5.81. The van der Waals surface area contributed by atoms with Gasteiger partial charge < -0.3 is 5.32 Å². The molecule has 0 aromatic heterocycles. The normalized spacial score (nSPS) is 17.7. The van der Waals surface area contributed by atoms with Crippen LogP contribution in [0.1, 0.15) is 33.1 Å². The lowest BCUT2D eigenvalue weighted by atomic mass is 10.1. The van der Waals surface area contributed by atoms with Gasteiger partial charge in [0.1, 0.15) is 0 Å². The van der Waals surface area contributed by atoms with Gasteiger partial charge in [-0.2, -0.15) is 0 Å². The van der Waals surface area contributed by atoms with Crippen LogP contribution in [0.2, 0.25) is 0 Å². The quantitative estimate of drug-likeness (QED) is 0.611. The Labute approximate surface area is 94.4 Å². The molecular weight excluding hydrogens is 184 g/mol. The van der Waals surface area contributed by atoms with Gasteiger partial charge in [-0.3, -0.25) is 4.90 Å². The summed E-state index contributed by atoms with van der Waals surface area (Å²) >= 11 is 0. The summed E-state index contributed by atoms with van der Waals surface area (Å²) in [5.74, 6) is 3.44. The lowest BCUT2D eigenvalue weighted by Gasteiger charge is -2.23. The van der Waals surface area contributed by atoms with E-state index < -0.39 is 0 Å². The molecule has 1 unspecified atom stereocenters. The topological polar surface area (TPSA) is 15.3 Å². The van der Waals surface area contributed by atoms with Crippen LogP contribution in [0, 0.1) is 18.3 Å². The van der Waals surface area contributed by atoms with Crippen LogP contribution in [-0.4, -0.2) is 37.1 Å². The van der Waals surface area contributed by atoms with Gasteiger partial charge in [0.25, 0.3) is 0 Å². The molecule has 0 spiro atoms. The first-order valence-corrected chi connectivity index (χ1v) is 6.15. The smallest absolute Gasteiger partial charge is 0.0599 e. The lowest BCUT2D eigenvalue weighted by molar-refractivity contribution is 0.260. The highest BCUT2D eigenvalue weighted by Gasteiger charge is 2.21. The van der Waals surface area contributed by atoms with Crippen LogP contribution in [-0.2, 0) is 0 Å². The van der Waals surface area contributed by atoms with E-state index in [4.69, 9.17) is 6.42 Å². The van der Waals surface area contributed by atoms with E-state index in [0.29, 0.717) is 5.92 Å². The first-order valence-electron chi connectivity index (χ1n) is 6.15. The molecule has 86 valence electrons. The molecule has 1 fully saturated rings. The average Bonchev–Trinajstić information content (AvgIpc) is 2.99. The number of rotatable bonds is 8. The Morgan fingerprint density at radius 2 is 2.27 bits per heavy atom. The van der Waals surface area contributed by atoms with E-state index in [1.165, 1.54) is 19.3 Å². The Kier molecular flexibility index (Phi) is 5.75.